The van der Waals surface area contributed by atoms with Gasteiger partial charge in [-0.15, -0.1) is 0 Å². The molecule has 0 atom stereocenters. The van der Waals surface area contributed by atoms with Crippen molar-refractivity contribution in [2.45, 2.75) is 183 Å². The van der Waals surface area contributed by atoms with Crippen molar-refractivity contribution in [2.75, 3.05) is 0 Å². The first-order chi connectivity index (χ1) is 21.6. The molecule has 0 aromatic heterocycles. The topological polar surface area (TPSA) is 24.7 Å². The number of benzene rings is 2. The Morgan fingerprint density at radius 1 is 0.378 bits per heavy atom. The van der Waals surface area contributed by atoms with Gasteiger partial charge in [0.1, 0.15) is 0 Å². The summed E-state index contributed by atoms with van der Waals surface area (Å²) < 4.78 is 0. The molecule has 0 aliphatic carbocycles. The Bertz CT molecular complexity index is 956. The van der Waals surface area contributed by atoms with Crippen LogP contribution >= 0.6 is 0 Å². The minimum absolute atomic E-state index is 0. The Labute approximate surface area is 293 Å². The molecule has 0 bridgehead atoms. The van der Waals surface area contributed by atoms with Crippen molar-refractivity contribution < 1.29 is 20.4 Å². The molecule has 2 aromatic rings. The second kappa shape index (κ2) is 26.5. The van der Waals surface area contributed by atoms with Crippen molar-refractivity contribution in [1.82, 2.24) is 0 Å². The van der Waals surface area contributed by atoms with Crippen LogP contribution in [0.1, 0.15) is 179 Å². The molecule has 2 nitrogen and oxygen atoms in total. The minimum Gasteiger partial charge on any atom is -0.252 e. The molecule has 0 saturated heterocycles. The van der Waals surface area contributed by atoms with Gasteiger partial charge in [-0.25, -0.2) is 0 Å². The molecule has 0 aliphatic rings. The van der Waals surface area contributed by atoms with E-state index in [1.165, 1.54) is 124 Å². The number of nitrogens with zero attached hydrogens (tertiary/aromatic N) is 2. The predicted molar refractivity (Wildman–Crippen MR) is 199 cm³/mol. The molecule has 0 N–H and O–H groups in total. The summed E-state index contributed by atoms with van der Waals surface area (Å²) in [5.41, 5.74) is 10.6. The first-order valence-corrected chi connectivity index (χ1v) is 19.0. The van der Waals surface area contributed by atoms with Gasteiger partial charge in [-0.3, -0.25) is 9.98 Å². The first kappa shape index (κ1) is 41.5. The smallest absolute Gasteiger partial charge is 0.0639 e. The average Bonchev–Trinajstić information content (AvgIpc) is 3.02. The standard InChI is InChI=1S/C42H68N2.Pd/c1-7-13-19-23-35-29-36(24-20-14-8-2)32-39(31-35)43-41(27-17-11-5)42(28-18-12-6)44-40-33-37(25-21-15-9-3)30-38(34-40)26-22-16-10-4;/h29-34H,7-28H2,1-6H3;. The van der Waals surface area contributed by atoms with E-state index >= 15 is 0 Å². The van der Waals surface area contributed by atoms with Crippen LogP contribution in [0, 0.1) is 0 Å². The maximum absolute atomic E-state index is 5.48. The zero-order chi connectivity index (χ0) is 31.8. The maximum atomic E-state index is 5.48. The Kier molecular flexibility index (Phi) is 24.4. The van der Waals surface area contributed by atoms with Gasteiger partial charge in [-0.2, -0.15) is 0 Å². The fraction of sp³-hybridized carbons (Fsp3) is 0.667. The molecule has 0 spiro atoms. The first-order valence-electron chi connectivity index (χ1n) is 19.0. The number of rotatable bonds is 25. The Morgan fingerprint density at radius 2 is 0.644 bits per heavy atom. The van der Waals surface area contributed by atoms with E-state index in [1.807, 2.05) is 0 Å². The van der Waals surface area contributed by atoms with E-state index in [9.17, 15) is 0 Å². The Morgan fingerprint density at radius 3 is 0.889 bits per heavy atom. The molecule has 0 saturated carbocycles. The van der Waals surface area contributed by atoms with E-state index in [0.29, 0.717) is 0 Å². The number of hydrogen-bond donors (Lipinski definition) is 0. The van der Waals surface area contributed by atoms with Crippen LogP contribution in [0.25, 0.3) is 0 Å². The molecular formula is C42H68N2Pd. The van der Waals surface area contributed by atoms with Gasteiger partial charge in [0.25, 0.3) is 0 Å². The van der Waals surface area contributed by atoms with Gasteiger partial charge in [-0.1, -0.05) is 118 Å². The number of aryl methyl sites for hydroxylation is 4. The van der Waals surface area contributed by atoms with Crippen molar-refractivity contribution >= 4 is 22.8 Å². The summed E-state index contributed by atoms with van der Waals surface area (Å²) in [5.74, 6) is 0. The van der Waals surface area contributed by atoms with Crippen LogP contribution in [0.15, 0.2) is 46.4 Å². The van der Waals surface area contributed by atoms with Gasteiger partial charge in [0.05, 0.1) is 22.8 Å². The summed E-state index contributed by atoms with van der Waals surface area (Å²) in [7, 11) is 0. The summed E-state index contributed by atoms with van der Waals surface area (Å²) in [6.45, 7) is 13.8. The van der Waals surface area contributed by atoms with Crippen molar-refractivity contribution in [3.8, 4) is 0 Å². The van der Waals surface area contributed by atoms with E-state index in [2.05, 4.69) is 77.9 Å². The van der Waals surface area contributed by atoms with Gasteiger partial charge in [0.15, 0.2) is 0 Å². The zero-order valence-corrected chi connectivity index (χ0v) is 31.8. The number of hydrogen-bond acceptors (Lipinski definition) is 2. The van der Waals surface area contributed by atoms with E-state index in [0.717, 1.165) is 62.7 Å². The third-order valence-electron chi connectivity index (χ3n) is 8.75. The van der Waals surface area contributed by atoms with Gasteiger partial charge in [-0.05, 0) is 124 Å². The minimum atomic E-state index is 0. The molecule has 2 aromatic carbocycles. The molecule has 0 aliphatic heterocycles. The largest absolute Gasteiger partial charge is 0.252 e. The Balaban J connectivity index is 0.0000101. The molecule has 0 heterocycles. The van der Waals surface area contributed by atoms with Crippen LogP contribution in [0.5, 0.6) is 0 Å². The quantitative estimate of drug-likeness (QED) is 0.0558. The number of aliphatic imine (C=N–C) groups is 2. The molecule has 0 unspecified atom stereocenters. The normalized spacial score (nSPS) is 12.0. The van der Waals surface area contributed by atoms with Crippen LogP contribution in [0.3, 0.4) is 0 Å². The van der Waals surface area contributed by atoms with Gasteiger partial charge in [0.2, 0.25) is 0 Å². The predicted octanol–water partition coefficient (Wildman–Crippen LogP) is 13.8. The molecular weight excluding hydrogens is 639 g/mol. The number of unbranched alkanes of at least 4 members (excludes halogenated alkanes) is 10. The third-order valence-corrected chi connectivity index (χ3v) is 8.75. The van der Waals surface area contributed by atoms with Crippen LogP contribution in [-0.4, -0.2) is 11.4 Å². The van der Waals surface area contributed by atoms with E-state index in [1.54, 1.807) is 0 Å². The SMILES string of the molecule is CCCCCc1cc(CCCCC)cc(N=C(CCCC)C(CCCC)=Nc2cc(CCCCC)cc(CCCCC)c2)c1.[Pd]. The molecule has 0 radical (unpaired) electrons. The molecule has 0 amide bonds. The summed E-state index contributed by atoms with van der Waals surface area (Å²) in [4.78, 5) is 11.0. The fourth-order valence-electron chi connectivity index (χ4n) is 6.04. The van der Waals surface area contributed by atoms with Gasteiger partial charge < -0.3 is 0 Å². The second-order valence-corrected chi connectivity index (χ2v) is 13.2. The zero-order valence-electron chi connectivity index (χ0n) is 30.2. The van der Waals surface area contributed by atoms with E-state index in [-0.39, 0.29) is 20.4 Å². The van der Waals surface area contributed by atoms with Crippen LogP contribution < -0.4 is 0 Å². The van der Waals surface area contributed by atoms with Crippen molar-refractivity contribution in [1.29, 1.82) is 0 Å². The summed E-state index contributed by atoms with van der Waals surface area (Å²) in [6, 6.07) is 14.4. The second-order valence-electron chi connectivity index (χ2n) is 13.2. The maximum Gasteiger partial charge on any atom is 0.0639 e. The third kappa shape index (κ3) is 17.8. The summed E-state index contributed by atoms with van der Waals surface area (Å²) in [5, 5.41) is 0. The molecule has 0 fully saturated rings. The molecule has 45 heavy (non-hydrogen) atoms. The van der Waals surface area contributed by atoms with Crippen molar-refractivity contribution in [3.05, 3.63) is 58.7 Å². The fourth-order valence-corrected chi connectivity index (χ4v) is 6.04. The van der Waals surface area contributed by atoms with Crippen LogP contribution in [-0.2, 0) is 46.1 Å². The van der Waals surface area contributed by atoms with Gasteiger partial charge in [0, 0.05) is 20.4 Å². The van der Waals surface area contributed by atoms with Crippen LogP contribution in [0.2, 0.25) is 0 Å². The Hall–Kier alpha value is -1.56. The van der Waals surface area contributed by atoms with Crippen molar-refractivity contribution in [2.24, 2.45) is 9.98 Å². The monoisotopic (exact) mass is 706 g/mol. The van der Waals surface area contributed by atoms with E-state index in [4.69, 9.17) is 9.98 Å². The molecule has 3 heteroatoms. The summed E-state index contributed by atoms with van der Waals surface area (Å²) >= 11 is 0. The average molecular weight is 707 g/mol. The van der Waals surface area contributed by atoms with Crippen molar-refractivity contribution in [3.63, 3.8) is 0 Å². The molecule has 256 valence electrons. The van der Waals surface area contributed by atoms with Crippen LogP contribution in [0.4, 0.5) is 11.4 Å². The summed E-state index contributed by atoms with van der Waals surface area (Å²) in [6.07, 6.45) is 26.6. The van der Waals surface area contributed by atoms with E-state index < -0.39 is 0 Å². The molecule has 2 rings (SSSR count). The van der Waals surface area contributed by atoms with Gasteiger partial charge >= 0.3 is 0 Å².